The number of methoxy groups -OCH3 is 2. The highest BCUT2D eigenvalue weighted by molar-refractivity contribution is 9.10. The molecule has 0 saturated carbocycles. The highest BCUT2D eigenvalue weighted by Gasteiger charge is 2.28. The van der Waals surface area contributed by atoms with Gasteiger partial charge in [0.25, 0.3) is 11.8 Å². The summed E-state index contributed by atoms with van der Waals surface area (Å²) in [6.45, 7) is 0. The van der Waals surface area contributed by atoms with Gasteiger partial charge in [0.15, 0.2) is 11.5 Å². The van der Waals surface area contributed by atoms with Gasteiger partial charge in [-0.15, -0.1) is 0 Å². The summed E-state index contributed by atoms with van der Waals surface area (Å²) in [7, 11) is 2.90. The third-order valence-corrected chi connectivity index (χ3v) is 4.62. The van der Waals surface area contributed by atoms with E-state index in [0.717, 1.165) is 0 Å². The highest BCUT2D eigenvalue weighted by atomic mass is 79.9. The number of hydrogen-bond acceptors (Lipinski definition) is 7. The van der Waals surface area contributed by atoms with Gasteiger partial charge in [-0.05, 0) is 64.0 Å². The van der Waals surface area contributed by atoms with E-state index in [1.807, 2.05) is 10.6 Å². The van der Waals surface area contributed by atoms with Crippen molar-refractivity contribution in [1.29, 1.82) is 0 Å². The Bertz CT molecular complexity index is 1060. The minimum Gasteiger partial charge on any atom is -0.497 e. The number of urea groups is 1. The number of halogens is 1. The fourth-order valence-corrected chi connectivity index (χ4v) is 3.11. The lowest BCUT2D eigenvalue weighted by Gasteiger charge is -2.15. The third kappa shape index (κ3) is 4.49. The molecule has 30 heavy (non-hydrogen) atoms. The van der Waals surface area contributed by atoms with Crippen LogP contribution < -0.4 is 24.8 Å². The van der Waals surface area contributed by atoms with Crippen molar-refractivity contribution < 1.29 is 33.4 Å². The number of barbiturate groups is 1. The summed E-state index contributed by atoms with van der Waals surface area (Å²) in [5, 5.41) is 3.98. The van der Waals surface area contributed by atoms with Crippen LogP contribution in [-0.4, -0.2) is 38.0 Å². The van der Waals surface area contributed by atoms with Crippen LogP contribution in [0.25, 0.3) is 6.08 Å². The molecule has 2 aromatic rings. The Hall–Kier alpha value is -3.66. The van der Waals surface area contributed by atoms with Crippen LogP contribution in [0.3, 0.4) is 0 Å². The molecule has 0 aromatic heterocycles. The Morgan fingerprint density at radius 2 is 1.60 bits per heavy atom. The van der Waals surface area contributed by atoms with Crippen LogP contribution in [0.15, 0.2) is 46.4 Å². The summed E-state index contributed by atoms with van der Waals surface area (Å²) in [4.78, 5) is 47.4. The smallest absolute Gasteiger partial charge is 0.343 e. The molecule has 0 unspecified atom stereocenters. The molecular weight excluding hydrogens is 460 g/mol. The van der Waals surface area contributed by atoms with Gasteiger partial charge in [-0.1, -0.05) is 0 Å². The van der Waals surface area contributed by atoms with E-state index in [4.69, 9.17) is 14.2 Å². The molecule has 0 spiro atoms. The second-order valence-electron chi connectivity index (χ2n) is 5.95. The first-order valence-electron chi connectivity index (χ1n) is 8.44. The van der Waals surface area contributed by atoms with E-state index in [-0.39, 0.29) is 17.1 Å². The lowest BCUT2D eigenvalue weighted by molar-refractivity contribution is -0.123. The van der Waals surface area contributed by atoms with Crippen molar-refractivity contribution in [2.24, 2.45) is 0 Å². The highest BCUT2D eigenvalue weighted by Crippen LogP contribution is 2.38. The van der Waals surface area contributed by atoms with Gasteiger partial charge < -0.3 is 14.2 Å². The van der Waals surface area contributed by atoms with E-state index in [0.29, 0.717) is 21.3 Å². The molecule has 10 heteroatoms. The normalized spacial score (nSPS) is 13.3. The topological polar surface area (TPSA) is 120 Å². The van der Waals surface area contributed by atoms with E-state index in [1.165, 1.54) is 32.4 Å². The van der Waals surface area contributed by atoms with Crippen LogP contribution in [-0.2, 0) is 9.59 Å². The molecule has 2 N–H and O–H groups in total. The molecule has 0 atom stereocenters. The summed E-state index contributed by atoms with van der Waals surface area (Å²) in [5.41, 5.74) is 0.445. The van der Waals surface area contributed by atoms with Crippen LogP contribution in [0, 0.1) is 0 Å². The molecule has 1 fully saturated rings. The SMILES string of the molecule is COc1ccc(C(=O)Oc2c(Br)cc(C=C3C(=O)NC(=O)NC3=O)cc2OC)cc1. The van der Waals surface area contributed by atoms with Gasteiger partial charge in [0.2, 0.25) is 0 Å². The Kier molecular flexibility index (Phi) is 6.17. The van der Waals surface area contributed by atoms with Crippen molar-refractivity contribution >= 4 is 45.8 Å². The molecule has 0 bridgehead atoms. The Morgan fingerprint density at radius 1 is 0.967 bits per heavy atom. The molecule has 0 radical (unpaired) electrons. The fraction of sp³-hybridized carbons (Fsp3) is 0.100. The van der Waals surface area contributed by atoms with Gasteiger partial charge in [-0.25, -0.2) is 9.59 Å². The standard InChI is InChI=1S/C20H15BrN2O7/c1-28-12-5-3-11(4-6-12)19(26)30-16-14(21)8-10(9-15(16)29-2)7-13-17(24)22-20(27)23-18(13)25/h3-9H,1-2H3,(H2,22,23,24,25,27). The second-order valence-corrected chi connectivity index (χ2v) is 6.80. The van der Waals surface area contributed by atoms with Crippen LogP contribution in [0.5, 0.6) is 17.2 Å². The van der Waals surface area contributed by atoms with E-state index < -0.39 is 23.8 Å². The van der Waals surface area contributed by atoms with Crippen LogP contribution in [0.1, 0.15) is 15.9 Å². The minimum atomic E-state index is -0.887. The van der Waals surface area contributed by atoms with Crippen molar-refractivity contribution in [3.05, 3.63) is 57.6 Å². The summed E-state index contributed by atoms with van der Waals surface area (Å²) in [6.07, 6.45) is 1.28. The number of ether oxygens (including phenoxy) is 3. The van der Waals surface area contributed by atoms with E-state index in [1.54, 1.807) is 24.3 Å². The molecule has 154 valence electrons. The molecular formula is C20H15BrN2O7. The Morgan fingerprint density at radius 3 is 2.17 bits per heavy atom. The number of benzene rings is 2. The van der Waals surface area contributed by atoms with Gasteiger partial charge in [0, 0.05) is 0 Å². The van der Waals surface area contributed by atoms with Gasteiger partial charge >= 0.3 is 12.0 Å². The number of imide groups is 2. The summed E-state index contributed by atoms with van der Waals surface area (Å²) in [5.74, 6) is -1.37. The summed E-state index contributed by atoms with van der Waals surface area (Å²) >= 11 is 3.31. The lowest BCUT2D eigenvalue weighted by atomic mass is 10.1. The number of amides is 4. The average Bonchev–Trinajstić information content (AvgIpc) is 2.72. The summed E-state index contributed by atoms with van der Waals surface area (Å²) < 4.78 is 16.1. The number of rotatable bonds is 5. The maximum Gasteiger partial charge on any atom is 0.343 e. The molecule has 1 aliphatic rings. The number of hydrogen-bond donors (Lipinski definition) is 2. The first kappa shape index (κ1) is 21.1. The van der Waals surface area contributed by atoms with Crippen molar-refractivity contribution in [1.82, 2.24) is 10.6 Å². The van der Waals surface area contributed by atoms with Gasteiger partial charge in [-0.2, -0.15) is 0 Å². The van der Waals surface area contributed by atoms with Crippen molar-refractivity contribution in [3.63, 3.8) is 0 Å². The van der Waals surface area contributed by atoms with E-state index >= 15 is 0 Å². The van der Waals surface area contributed by atoms with Gasteiger partial charge in [-0.3, -0.25) is 20.2 Å². The molecule has 4 amide bonds. The maximum absolute atomic E-state index is 12.5. The third-order valence-electron chi connectivity index (χ3n) is 4.03. The molecule has 3 rings (SSSR count). The number of carbonyl (C=O) groups is 4. The number of esters is 1. The molecule has 2 aromatic carbocycles. The predicted molar refractivity (Wildman–Crippen MR) is 108 cm³/mol. The second kappa shape index (κ2) is 8.78. The largest absolute Gasteiger partial charge is 0.497 e. The van der Waals surface area contributed by atoms with Gasteiger partial charge in [0.1, 0.15) is 11.3 Å². The zero-order valence-corrected chi connectivity index (χ0v) is 17.4. The van der Waals surface area contributed by atoms with Crippen molar-refractivity contribution in [3.8, 4) is 17.2 Å². The molecule has 9 nitrogen and oxygen atoms in total. The molecule has 1 heterocycles. The van der Waals surface area contributed by atoms with Crippen LogP contribution in [0.4, 0.5) is 4.79 Å². The van der Waals surface area contributed by atoms with Crippen LogP contribution in [0.2, 0.25) is 0 Å². The number of nitrogens with one attached hydrogen (secondary N) is 2. The van der Waals surface area contributed by atoms with E-state index in [2.05, 4.69) is 15.9 Å². The molecule has 0 aliphatic carbocycles. The first-order chi connectivity index (χ1) is 14.3. The van der Waals surface area contributed by atoms with Gasteiger partial charge in [0.05, 0.1) is 24.3 Å². The molecule has 1 aliphatic heterocycles. The first-order valence-corrected chi connectivity index (χ1v) is 9.23. The zero-order valence-electron chi connectivity index (χ0n) is 15.8. The summed E-state index contributed by atoms with van der Waals surface area (Å²) in [6, 6.07) is 8.49. The Labute approximate surface area is 179 Å². The van der Waals surface area contributed by atoms with Crippen molar-refractivity contribution in [2.75, 3.05) is 14.2 Å². The Balaban J connectivity index is 1.89. The fourth-order valence-electron chi connectivity index (χ4n) is 2.57. The average molecular weight is 475 g/mol. The predicted octanol–water partition coefficient (Wildman–Crippen LogP) is 2.43. The van der Waals surface area contributed by atoms with Crippen LogP contribution >= 0.6 is 15.9 Å². The van der Waals surface area contributed by atoms with E-state index in [9.17, 15) is 19.2 Å². The monoisotopic (exact) mass is 474 g/mol. The lowest BCUT2D eigenvalue weighted by Crippen LogP contribution is -2.51. The maximum atomic E-state index is 12.5. The van der Waals surface area contributed by atoms with Crippen molar-refractivity contribution in [2.45, 2.75) is 0 Å². The zero-order chi connectivity index (χ0) is 21.8. The quantitative estimate of drug-likeness (QED) is 0.295. The minimum absolute atomic E-state index is 0.119. The number of carbonyl (C=O) groups excluding carboxylic acids is 4. The molecule has 1 saturated heterocycles.